The molecular weight excluding hydrogens is 344 g/mol. The molecule has 1 aliphatic heterocycles. The molecule has 0 aliphatic carbocycles. The lowest BCUT2D eigenvalue weighted by atomic mass is 10.1. The molecule has 8 heteroatoms. The average Bonchev–Trinajstić information content (AvgIpc) is 2.60. The Morgan fingerprint density at radius 1 is 0.739 bits per heavy atom. The summed E-state index contributed by atoms with van der Waals surface area (Å²) in [4.78, 5) is 0. The highest BCUT2D eigenvalue weighted by Gasteiger charge is 2.49. The number of hydrogen-bond acceptors (Lipinski definition) is 5. The molecule has 0 saturated carbocycles. The maximum Gasteiger partial charge on any atom is 0.185 e. The molecule has 23 heavy (non-hydrogen) atoms. The van der Waals surface area contributed by atoms with Crippen LogP contribution in [0.5, 0.6) is 0 Å². The summed E-state index contributed by atoms with van der Waals surface area (Å²) < 4.78 is 30.5. The van der Waals surface area contributed by atoms with Gasteiger partial charge in [-0.3, -0.25) is 0 Å². The Balaban J connectivity index is 2.95. The summed E-state index contributed by atoms with van der Waals surface area (Å²) in [5.41, 5.74) is 0. The van der Waals surface area contributed by atoms with Gasteiger partial charge in [0.2, 0.25) is 0 Å². The van der Waals surface area contributed by atoms with Gasteiger partial charge in [-0.1, -0.05) is 0 Å². The maximum absolute atomic E-state index is 6.43. The Morgan fingerprint density at radius 2 is 1.22 bits per heavy atom. The Bertz CT molecular complexity index is 373. The van der Waals surface area contributed by atoms with Crippen LogP contribution in [0.15, 0.2) is 0 Å². The molecule has 4 atom stereocenters. The van der Waals surface area contributed by atoms with E-state index in [9.17, 15) is 0 Å². The third-order valence-corrected chi connectivity index (χ3v) is 6.15. The van der Waals surface area contributed by atoms with Crippen molar-refractivity contribution in [2.75, 3.05) is 13.7 Å². The van der Waals surface area contributed by atoms with Crippen LogP contribution in [0.2, 0.25) is 58.9 Å². The molecule has 0 aromatic rings. The molecule has 0 unspecified atom stereocenters. The molecule has 0 N–H and O–H groups in total. The predicted octanol–water partition coefficient (Wildman–Crippen LogP) is 3.65. The fourth-order valence-corrected chi connectivity index (χ4v) is 5.26. The summed E-state index contributed by atoms with van der Waals surface area (Å²) in [6.07, 6.45) is -0.846. The van der Waals surface area contributed by atoms with Crippen molar-refractivity contribution in [2.45, 2.75) is 83.5 Å². The molecule has 1 saturated heterocycles. The summed E-state index contributed by atoms with van der Waals surface area (Å²) in [6.45, 7) is 20.2. The first-order valence-electron chi connectivity index (χ1n) is 8.40. The van der Waals surface area contributed by atoms with Crippen molar-refractivity contribution in [3.8, 4) is 0 Å². The van der Waals surface area contributed by atoms with Gasteiger partial charge in [-0.25, -0.2) is 0 Å². The Kier molecular flexibility index (Phi) is 7.27. The van der Waals surface area contributed by atoms with Gasteiger partial charge in [-0.05, 0) is 58.9 Å². The smallest absolute Gasteiger partial charge is 0.185 e. The molecule has 0 amide bonds. The van der Waals surface area contributed by atoms with Crippen molar-refractivity contribution in [3.05, 3.63) is 0 Å². The minimum atomic E-state index is -1.74. The van der Waals surface area contributed by atoms with Gasteiger partial charge in [0.15, 0.2) is 31.2 Å². The molecule has 1 aliphatic rings. The molecule has 5 nitrogen and oxygen atoms in total. The van der Waals surface area contributed by atoms with Crippen LogP contribution < -0.4 is 0 Å². The fourth-order valence-electron chi connectivity index (χ4n) is 2.43. The van der Waals surface area contributed by atoms with Crippen molar-refractivity contribution >= 4 is 25.0 Å². The van der Waals surface area contributed by atoms with Crippen molar-refractivity contribution in [2.24, 2.45) is 0 Å². The Labute approximate surface area is 145 Å². The summed E-state index contributed by atoms with van der Waals surface area (Å²) in [5, 5.41) is 0. The largest absolute Gasteiger partial charge is 0.415 e. The average molecular weight is 381 g/mol. The second-order valence-corrected chi connectivity index (χ2v) is 22.5. The van der Waals surface area contributed by atoms with Crippen LogP contribution in [0.25, 0.3) is 0 Å². The standard InChI is InChI=1S/C15H36O5Si3/c1-16-15-14(20-23(8,9)10)13(19-22(5,6)7)12(18-15)11-17-21(2,3)4/h12-15H,11H2,1-10H3/t12-,13-,14-,15+/m1/s1. The minimum Gasteiger partial charge on any atom is -0.415 e. The number of hydrogen-bond donors (Lipinski definition) is 0. The predicted molar refractivity (Wildman–Crippen MR) is 101 cm³/mol. The zero-order valence-electron chi connectivity index (χ0n) is 16.6. The lowest BCUT2D eigenvalue weighted by Crippen LogP contribution is -2.49. The molecule has 0 aromatic heterocycles. The van der Waals surface area contributed by atoms with Gasteiger partial charge in [-0.15, -0.1) is 0 Å². The van der Waals surface area contributed by atoms with E-state index < -0.39 is 31.2 Å². The second-order valence-electron chi connectivity index (χ2n) is 9.09. The highest BCUT2D eigenvalue weighted by atomic mass is 28.4. The van der Waals surface area contributed by atoms with E-state index in [-0.39, 0.29) is 18.3 Å². The van der Waals surface area contributed by atoms with Crippen molar-refractivity contribution in [1.29, 1.82) is 0 Å². The van der Waals surface area contributed by atoms with Crippen molar-refractivity contribution in [1.82, 2.24) is 0 Å². The van der Waals surface area contributed by atoms with E-state index in [4.69, 9.17) is 22.8 Å². The molecule has 0 spiro atoms. The summed E-state index contributed by atoms with van der Waals surface area (Å²) in [6, 6.07) is 0. The molecular formula is C15H36O5Si3. The molecule has 1 heterocycles. The summed E-state index contributed by atoms with van der Waals surface area (Å²) >= 11 is 0. The second kappa shape index (κ2) is 7.77. The topological polar surface area (TPSA) is 46.2 Å². The lowest BCUT2D eigenvalue weighted by Gasteiger charge is -2.34. The van der Waals surface area contributed by atoms with Crippen LogP contribution in [-0.2, 0) is 22.8 Å². The van der Waals surface area contributed by atoms with Crippen LogP contribution in [0.3, 0.4) is 0 Å². The van der Waals surface area contributed by atoms with Crippen LogP contribution >= 0.6 is 0 Å². The van der Waals surface area contributed by atoms with E-state index in [1.807, 2.05) is 0 Å². The van der Waals surface area contributed by atoms with Crippen LogP contribution in [0.4, 0.5) is 0 Å². The highest BCUT2D eigenvalue weighted by molar-refractivity contribution is 6.70. The molecule has 0 radical (unpaired) electrons. The van der Waals surface area contributed by atoms with Crippen molar-refractivity contribution in [3.63, 3.8) is 0 Å². The summed E-state index contributed by atoms with van der Waals surface area (Å²) in [5.74, 6) is 0. The summed E-state index contributed by atoms with van der Waals surface area (Å²) in [7, 11) is -3.43. The number of ether oxygens (including phenoxy) is 2. The van der Waals surface area contributed by atoms with E-state index in [2.05, 4.69) is 58.9 Å². The molecule has 1 rings (SSSR count). The van der Waals surface area contributed by atoms with E-state index in [1.165, 1.54) is 0 Å². The van der Waals surface area contributed by atoms with Gasteiger partial charge in [-0.2, -0.15) is 0 Å². The van der Waals surface area contributed by atoms with Gasteiger partial charge < -0.3 is 22.8 Å². The van der Waals surface area contributed by atoms with Gasteiger partial charge in [0, 0.05) is 7.11 Å². The van der Waals surface area contributed by atoms with Gasteiger partial charge in [0.25, 0.3) is 0 Å². The zero-order valence-corrected chi connectivity index (χ0v) is 19.6. The molecule has 138 valence electrons. The Morgan fingerprint density at radius 3 is 1.61 bits per heavy atom. The van der Waals surface area contributed by atoms with Gasteiger partial charge in [0.05, 0.1) is 6.61 Å². The van der Waals surface area contributed by atoms with E-state index in [0.29, 0.717) is 6.61 Å². The van der Waals surface area contributed by atoms with Crippen molar-refractivity contribution < 1.29 is 22.8 Å². The third kappa shape index (κ3) is 7.91. The minimum absolute atomic E-state index is 0.130. The highest BCUT2D eigenvalue weighted by Crippen LogP contribution is 2.32. The first-order valence-corrected chi connectivity index (χ1v) is 18.6. The van der Waals surface area contributed by atoms with Crippen LogP contribution in [0.1, 0.15) is 0 Å². The normalized spacial score (nSPS) is 30.0. The molecule has 1 fully saturated rings. The van der Waals surface area contributed by atoms with Gasteiger partial charge in [0.1, 0.15) is 18.3 Å². The fraction of sp³-hybridized carbons (Fsp3) is 1.00. The third-order valence-electron chi connectivity index (χ3n) is 3.16. The monoisotopic (exact) mass is 380 g/mol. The zero-order chi connectivity index (χ0) is 18.1. The van der Waals surface area contributed by atoms with Crippen LogP contribution in [0, 0.1) is 0 Å². The maximum atomic E-state index is 6.43. The first kappa shape index (κ1) is 21.5. The molecule has 0 bridgehead atoms. The van der Waals surface area contributed by atoms with Crippen LogP contribution in [-0.4, -0.2) is 63.3 Å². The van der Waals surface area contributed by atoms with E-state index >= 15 is 0 Å². The molecule has 0 aromatic carbocycles. The van der Waals surface area contributed by atoms with Gasteiger partial charge >= 0.3 is 0 Å². The first-order chi connectivity index (χ1) is 10.2. The lowest BCUT2D eigenvalue weighted by molar-refractivity contribution is -0.149. The number of rotatable bonds is 8. The quantitative estimate of drug-likeness (QED) is 0.602. The van der Waals surface area contributed by atoms with E-state index in [0.717, 1.165) is 0 Å². The Hall–Kier alpha value is 0.451. The number of methoxy groups -OCH3 is 1. The SMILES string of the molecule is CO[C@H]1O[C@H](CO[Si](C)(C)C)[C@@H](O[Si](C)(C)C)[C@H]1O[Si](C)(C)C. The van der Waals surface area contributed by atoms with E-state index in [1.54, 1.807) is 7.11 Å².